The van der Waals surface area contributed by atoms with Crippen molar-refractivity contribution in [2.45, 2.75) is 33.2 Å². The lowest BCUT2D eigenvalue weighted by atomic mass is 10.1. The molecule has 3 heterocycles. The SMILES string of the molecule is Cc1c(C)n(CCC[NH+](C)C)c2ncn3nc(Cc4ccccc4)nc3c12. The molecule has 0 radical (unpaired) electrons. The normalized spacial score (nSPS) is 11.9. The van der Waals surface area contributed by atoms with Crippen molar-refractivity contribution in [3.63, 3.8) is 0 Å². The van der Waals surface area contributed by atoms with Gasteiger partial charge in [-0.1, -0.05) is 30.3 Å². The summed E-state index contributed by atoms with van der Waals surface area (Å²) in [6.07, 6.45) is 3.66. The fraction of sp³-hybridized carbons (Fsp3) is 0.381. The van der Waals surface area contributed by atoms with Crippen molar-refractivity contribution in [1.82, 2.24) is 24.1 Å². The molecule has 4 aromatic rings. The van der Waals surface area contributed by atoms with E-state index in [1.165, 1.54) is 21.7 Å². The van der Waals surface area contributed by atoms with Gasteiger partial charge in [-0.05, 0) is 25.0 Å². The van der Waals surface area contributed by atoms with Gasteiger partial charge in [0.15, 0.2) is 11.5 Å². The molecule has 0 unspecified atom stereocenters. The zero-order valence-corrected chi connectivity index (χ0v) is 16.5. The van der Waals surface area contributed by atoms with E-state index in [1.807, 2.05) is 22.7 Å². The first-order valence-electron chi connectivity index (χ1n) is 9.57. The summed E-state index contributed by atoms with van der Waals surface area (Å²) in [6.45, 7) is 6.47. The van der Waals surface area contributed by atoms with Gasteiger partial charge in [-0.15, -0.1) is 5.10 Å². The van der Waals surface area contributed by atoms with E-state index in [4.69, 9.17) is 9.97 Å². The summed E-state index contributed by atoms with van der Waals surface area (Å²) >= 11 is 0. The lowest BCUT2D eigenvalue weighted by molar-refractivity contribution is -0.858. The van der Waals surface area contributed by atoms with Crippen LogP contribution >= 0.6 is 0 Å². The number of aryl methyl sites for hydroxylation is 2. The molecule has 0 fully saturated rings. The maximum Gasteiger partial charge on any atom is 0.168 e. The highest BCUT2D eigenvalue weighted by Crippen LogP contribution is 2.27. The molecule has 0 amide bonds. The molecule has 0 aliphatic carbocycles. The second-order valence-corrected chi connectivity index (χ2v) is 7.57. The molecular weight excluding hydrogens is 336 g/mol. The van der Waals surface area contributed by atoms with Crippen molar-refractivity contribution in [3.8, 4) is 0 Å². The van der Waals surface area contributed by atoms with Gasteiger partial charge in [0.2, 0.25) is 0 Å². The summed E-state index contributed by atoms with van der Waals surface area (Å²) in [5.74, 6) is 0.830. The number of nitrogens with zero attached hydrogens (tertiary/aromatic N) is 5. The predicted molar refractivity (Wildman–Crippen MR) is 107 cm³/mol. The average Bonchev–Trinajstić information content (AvgIpc) is 3.16. The van der Waals surface area contributed by atoms with Crippen LogP contribution in [0, 0.1) is 13.8 Å². The Morgan fingerprint density at radius 3 is 2.56 bits per heavy atom. The average molecular weight is 363 g/mol. The van der Waals surface area contributed by atoms with Crippen LogP contribution in [0.2, 0.25) is 0 Å². The monoisotopic (exact) mass is 363 g/mol. The largest absolute Gasteiger partial charge is 0.340 e. The van der Waals surface area contributed by atoms with Gasteiger partial charge in [-0.2, -0.15) is 0 Å². The van der Waals surface area contributed by atoms with Gasteiger partial charge in [-0.3, -0.25) is 0 Å². The summed E-state index contributed by atoms with van der Waals surface area (Å²) in [5, 5.41) is 5.78. The highest BCUT2D eigenvalue weighted by molar-refractivity contribution is 5.93. The molecule has 0 bridgehead atoms. The highest BCUT2D eigenvalue weighted by Gasteiger charge is 2.18. The molecule has 0 saturated carbocycles. The number of quaternary nitrogens is 1. The number of benzene rings is 1. The zero-order chi connectivity index (χ0) is 19.0. The van der Waals surface area contributed by atoms with Crippen LogP contribution in [0.4, 0.5) is 0 Å². The second kappa shape index (κ2) is 7.12. The molecule has 6 heteroatoms. The van der Waals surface area contributed by atoms with Crippen molar-refractivity contribution in [2.24, 2.45) is 0 Å². The number of hydrogen-bond donors (Lipinski definition) is 1. The third kappa shape index (κ3) is 3.32. The van der Waals surface area contributed by atoms with Gasteiger partial charge in [0, 0.05) is 25.1 Å². The number of aromatic nitrogens is 5. The molecule has 3 aromatic heterocycles. The van der Waals surface area contributed by atoms with Crippen molar-refractivity contribution < 1.29 is 4.90 Å². The van der Waals surface area contributed by atoms with Crippen molar-refractivity contribution in [3.05, 3.63) is 59.3 Å². The van der Waals surface area contributed by atoms with E-state index in [-0.39, 0.29) is 0 Å². The maximum atomic E-state index is 4.85. The first-order chi connectivity index (χ1) is 13.0. The summed E-state index contributed by atoms with van der Waals surface area (Å²) < 4.78 is 4.15. The van der Waals surface area contributed by atoms with E-state index >= 15 is 0 Å². The van der Waals surface area contributed by atoms with Gasteiger partial charge >= 0.3 is 0 Å². The van der Waals surface area contributed by atoms with E-state index < -0.39 is 0 Å². The zero-order valence-electron chi connectivity index (χ0n) is 16.5. The van der Waals surface area contributed by atoms with Crippen molar-refractivity contribution >= 4 is 16.7 Å². The summed E-state index contributed by atoms with van der Waals surface area (Å²) in [6, 6.07) is 10.3. The molecule has 0 aliphatic rings. The Labute approximate surface area is 159 Å². The van der Waals surface area contributed by atoms with E-state index in [0.29, 0.717) is 0 Å². The Kier molecular flexibility index (Phi) is 4.66. The summed E-state index contributed by atoms with van der Waals surface area (Å²) in [7, 11) is 4.39. The quantitative estimate of drug-likeness (QED) is 0.569. The molecule has 1 N–H and O–H groups in total. The number of nitrogens with one attached hydrogen (secondary N) is 1. The lowest BCUT2D eigenvalue weighted by Crippen LogP contribution is -3.05. The molecule has 0 aliphatic heterocycles. The predicted octanol–water partition coefficient (Wildman–Crippen LogP) is 1.82. The second-order valence-electron chi connectivity index (χ2n) is 7.57. The highest BCUT2D eigenvalue weighted by atomic mass is 15.3. The first-order valence-corrected chi connectivity index (χ1v) is 9.57. The molecule has 6 nitrogen and oxygen atoms in total. The molecule has 140 valence electrons. The number of rotatable bonds is 6. The molecule has 1 aromatic carbocycles. The van der Waals surface area contributed by atoms with Crippen LogP contribution in [0.3, 0.4) is 0 Å². The van der Waals surface area contributed by atoms with Gasteiger partial charge in [0.25, 0.3) is 0 Å². The minimum Gasteiger partial charge on any atom is -0.340 e. The standard InChI is InChI=1S/C21H26N6/c1-15-16(2)26(12-8-11-25(3)4)20-19(15)21-23-18(24-27(21)14-22-20)13-17-9-6-5-7-10-17/h5-7,9-10,14H,8,11-13H2,1-4H3/p+1. The first kappa shape index (κ1) is 17.7. The number of fused-ring (bicyclic) bond motifs is 3. The molecule has 0 spiro atoms. The third-order valence-electron chi connectivity index (χ3n) is 5.25. The topological polar surface area (TPSA) is 52.5 Å². The van der Waals surface area contributed by atoms with Crippen LogP contribution < -0.4 is 4.90 Å². The maximum absolute atomic E-state index is 4.85. The van der Waals surface area contributed by atoms with Crippen LogP contribution in [0.5, 0.6) is 0 Å². The molecule has 4 rings (SSSR count). The minimum absolute atomic E-state index is 0.731. The van der Waals surface area contributed by atoms with Crippen LogP contribution in [0.15, 0.2) is 36.7 Å². The molecule has 0 saturated heterocycles. The van der Waals surface area contributed by atoms with E-state index in [2.05, 4.69) is 49.7 Å². The van der Waals surface area contributed by atoms with Crippen LogP contribution in [-0.4, -0.2) is 44.8 Å². The van der Waals surface area contributed by atoms with Crippen LogP contribution in [-0.2, 0) is 13.0 Å². The van der Waals surface area contributed by atoms with Gasteiger partial charge < -0.3 is 9.47 Å². The van der Waals surface area contributed by atoms with Crippen molar-refractivity contribution in [1.29, 1.82) is 0 Å². The number of hydrogen-bond acceptors (Lipinski definition) is 3. The fourth-order valence-electron chi connectivity index (χ4n) is 3.69. The lowest BCUT2D eigenvalue weighted by Gasteiger charge is -2.10. The van der Waals surface area contributed by atoms with Crippen molar-refractivity contribution in [2.75, 3.05) is 20.6 Å². The van der Waals surface area contributed by atoms with Gasteiger partial charge in [-0.25, -0.2) is 14.5 Å². The smallest absolute Gasteiger partial charge is 0.168 e. The van der Waals surface area contributed by atoms with E-state index in [9.17, 15) is 0 Å². The Morgan fingerprint density at radius 2 is 1.81 bits per heavy atom. The summed E-state index contributed by atoms with van der Waals surface area (Å²) in [4.78, 5) is 11.1. The Bertz CT molecular complexity index is 1070. The van der Waals surface area contributed by atoms with Gasteiger partial charge in [0.05, 0.1) is 26.0 Å². The Balaban J connectivity index is 1.74. The van der Waals surface area contributed by atoms with Crippen LogP contribution in [0.25, 0.3) is 16.7 Å². The third-order valence-corrected chi connectivity index (χ3v) is 5.25. The molecule has 27 heavy (non-hydrogen) atoms. The van der Waals surface area contributed by atoms with Gasteiger partial charge in [0.1, 0.15) is 12.0 Å². The Morgan fingerprint density at radius 1 is 1.04 bits per heavy atom. The van der Waals surface area contributed by atoms with E-state index in [0.717, 1.165) is 48.4 Å². The minimum atomic E-state index is 0.731. The summed E-state index contributed by atoms with van der Waals surface area (Å²) in [5.41, 5.74) is 5.66. The fourth-order valence-corrected chi connectivity index (χ4v) is 3.69. The molecule has 0 atom stereocenters. The van der Waals surface area contributed by atoms with Crippen LogP contribution in [0.1, 0.15) is 29.1 Å². The molecular formula is C21H27N6+. The Hall–Kier alpha value is -2.73. The van der Waals surface area contributed by atoms with E-state index in [1.54, 1.807) is 6.33 Å².